The summed E-state index contributed by atoms with van der Waals surface area (Å²) in [4.78, 5) is 0. The molecule has 0 aromatic heterocycles. The number of hydrogen-bond donors (Lipinski definition) is 2. The minimum absolute atomic E-state index is 0.407. The van der Waals surface area contributed by atoms with Crippen molar-refractivity contribution in [3.8, 4) is 0 Å². The van der Waals surface area contributed by atoms with Gasteiger partial charge in [0.25, 0.3) is 0 Å². The van der Waals surface area contributed by atoms with E-state index in [0.29, 0.717) is 23.7 Å². The average molecular weight is 629 g/mol. The fraction of sp³-hybridized carbons (Fsp3) is 0.467. The van der Waals surface area contributed by atoms with Gasteiger partial charge in [-0.3, -0.25) is 0 Å². The Morgan fingerprint density at radius 3 is 1.32 bits per heavy atom. The SMILES string of the molecule is CCCCCC(c1ccc(C(c2ccc(C(CCCCC)c3ccc(N)cc3C)cc2)C2CCCCC2)cc1)c1ccc(N)cc1C. The Morgan fingerprint density at radius 2 is 0.936 bits per heavy atom. The largest absolute Gasteiger partial charge is 0.399 e. The van der Waals surface area contributed by atoms with Crippen molar-refractivity contribution < 1.29 is 0 Å². The van der Waals surface area contributed by atoms with Gasteiger partial charge in [0.1, 0.15) is 0 Å². The molecule has 2 atom stereocenters. The number of unbranched alkanes of at least 4 members (excludes halogenated alkanes) is 4. The van der Waals surface area contributed by atoms with Crippen molar-refractivity contribution in [2.24, 2.45) is 5.92 Å². The van der Waals surface area contributed by atoms with Gasteiger partial charge >= 0.3 is 0 Å². The summed E-state index contributed by atoms with van der Waals surface area (Å²) in [6, 6.07) is 32.6. The van der Waals surface area contributed by atoms with E-state index < -0.39 is 0 Å². The summed E-state index contributed by atoms with van der Waals surface area (Å²) in [5.74, 6) is 1.95. The summed E-state index contributed by atoms with van der Waals surface area (Å²) in [6.07, 6.45) is 16.6. The van der Waals surface area contributed by atoms with E-state index in [1.54, 1.807) is 0 Å². The number of rotatable bonds is 15. The first-order chi connectivity index (χ1) is 22.9. The zero-order chi connectivity index (χ0) is 33.2. The van der Waals surface area contributed by atoms with Crippen LogP contribution in [0.2, 0.25) is 0 Å². The van der Waals surface area contributed by atoms with Gasteiger partial charge in [-0.2, -0.15) is 0 Å². The normalized spacial score (nSPS) is 15.7. The predicted octanol–water partition coefficient (Wildman–Crippen LogP) is 12.6. The summed E-state index contributed by atoms with van der Waals surface area (Å²) < 4.78 is 0. The van der Waals surface area contributed by atoms with E-state index in [4.69, 9.17) is 11.5 Å². The first-order valence-electron chi connectivity index (χ1n) is 18.8. The minimum Gasteiger partial charge on any atom is -0.399 e. The lowest BCUT2D eigenvalue weighted by Crippen LogP contribution is -2.18. The van der Waals surface area contributed by atoms with Gasteiger partial charge in [-0.25, -0.2) is 0 Å². The number of hydrogen-bond acceptors (Lipinski definition) is 2. The van der Waals surface area contributed by atoms with Crippen LogP contribution in [-0.4, -0.2) is 0 Å². The molecule has 0 amide bonds. The van der Waals surface area contributed by atoms with Gasteiger partial charge in [-0.1, -0.05) is 132 Å². The van der Waals surface area contributed by atoms with Gasteiger partial charge in [0.05, 0.1) is 0 Å². The number of aryl methyl sites for hydroxylation is 2. The van der Waals surface area contributed by atoms with Gasteiger partial charge in [-0.05, 0) is 114 Å². The molecule has 0 saturated heterocycles. The van der Waals surface area contributed by atoms with Gasteiger partial charge < -0.3 is 11.5 Å². The van der Waals surface area contributed by atoms with Crippen molar-refractivity contribution in [1.82, 2.24) is 0 Å². The number of nitrogen functional groups attached to an aromatic ring is 2. The second-order valence-electron chi connectivity index (χ2n) is 14.5. The Balaban J connectivity index is 1.46. The van der Waals surface area contributed by atoms with Crippen LogP contribution < -0.4 is 11.5 Å². The molecule has 5 rings (SSSR count). The second kappa shape index (κ2) is 17.0. The number of nitrogens with two attached hydrogens (primary N) is 2. The van der Waals surface area contributed by atoms with Crippen LogP contribution in [0.3, 0.4) is 0 Å². The molecule has 4 aromatic rings. The Labute approximate surface area is 286 Å². The molecule has 0 aliphatic heterocycles. The van der Waals surface area contributed by atoms with Crippen LogP contribution in [0, 0.1) is 19.8 Å². The van der Waals surface area contributed by atoms with E-state index >= 15 is 0 Å². The van der Waals surface area contributed by atoms with Crippen LogP contribution in [0.15, 0.2) is 84.9 Å². The molecule has 1 fully saturated rings. The second-order valence-corrected chi connectivity index (χ2v) is 14.5. The highest BCUT2D eigenvalue weighted by atomic mass is 14.5. The van der Waals surface area contributed by atoms with E-state index in [0.717, 1.165) is 11.4 Å². The van der Waals surface area contributed by atoms with E-state index in [1.165, 1.54) is 128 Å². The van der Waals surface area contributed by atoms with Crippen molar-refractivity contribution in [1.29, 1.82) is 0 Å². The zero-order valence-electron chi connectivity index (χ0n) is 29.7. The Kier molecular flexibility index (Phi) is 12.6. The van der Waals surface area contributed by atoms with E-state index in [-0.39, 0.29) is 0 Å². The molecule has 47 heavy (non-hydrogen) atoms. The molecule has 1 saturated carbocycles. The lowest BCUT2D eigenvalue weighted by atomic mass is 9.73. The van der Waals surface area contributed by atoms with Crippen LogP contribution in [0.5, 0.6) is 0 Å². The Hall–Kier alpha value is -3.52. The van der Waals surface area contributed by atoms with Crippen LogP contribution in [0.1, 0.15) is 160 Å². The van der Waals surface area contributed by atoms with Crippen molar-refractivity contribution in [2.45, 2.75) is 129 Å². The molecular weight excluding hydrogens is 569 g/mol. The molecule has 0 bridgehead atoms. The fourth-order valence-electron chi connectivity index (χ4n) is 8.46. The molecule has 1 aliphatic carbocycles. The van der Waals surface area contributed by atoms with E-state index in [9.17, 15) is 0 Å². The van der Waals surface area contributed by atoms with Crippen molar-refractivity contribution in [2.75, 3.05) is 11.5 Å². The highest BCUT2D eigenvalue weighted by molar-refractivity contribution is 5.50. The smallest absolute Gasteiger partial charge is 0.0316 e. The third-order valence-corrected chi connectivity index (χ3v) is 11.0. The summed E-state index contributed by atoms with van der Waals surface area (Å²) in [5, 5.41) is 0. The maximum atomic E-state index is 6.16. The molecule has 0 spiro atoms. The van der Waals surface area contributed by atoms with Crippen molar-refractivity contribution >= 4 is 11.4 Å². The molecule has 4 aromatic carbocycles. The van der Waals surface area contributed by atoms with Crippen LogP contribution in [0.25, 0.3) is 0 Å². The summed E-state index contributed by atoms with van der Waals surface area (Å²) in [5.41, 5.74) is 25.3. The molecule has 0 radical (unpaired) electrons. The zero-order valence-corrected chi connectivity index (χ0v) is 29.7. The van der Waals surface area contributed by atoms with Crippen molar-refractivity contribution in [3.63, 3.8) is 0 Å². The molecule has 0 heterocycles. The number of anilines is 2. The molecule has 1 aliphatic rings. The predicted molar refractivity (Wildman–Crippen MR) is 204 cm³/mol. The first-order valence-corrected chi connectivity index (χ1v) is 18.8. The summed E-state index contributed by atoms with van der Waals surface area (Å²) in [6.45, 7) is 9.03. The molecule has 4 N–H and O–H groups in total. The third kappa shape index (κ3) is 8.89. The highest BCUT2D eigenvalue weighted by Crippen LogP contribution is 2.43. The quantitative estimate of drug-likeness (QED) is 0.102. The van der Waals surface area contributed by atoms with Crippen LogP contribution in [-0.2, 0) is 0 Å². The van der Waals surface area contributed by atoms with E-state index in [2.05, 4.69) is 113 Å². The standard InChI is InChI=1S/C45H60N2/c1-5-7-10-16-43(41-28-26-39(46)30-32(41)3)34-18-22-37(23-19-34)45(36-14-12-9-13-15-36)38-24-20-35(21-25-38)44(17-11-8-6-2)42-29-27-40(47)31-33(42)4/h18-31,36,43-45H,5-17,46-47H2,1-4H3. The fourth-order valence-corrected chi connectivity index (χ4v) is 8.46. The Bertz CT molecular complexity index is 1420. The van der Waals surface area contributed by atoms with Crippen molar-refractivity contribution in [3.05, 3.63) is 129 Å². The van der Waals surface area contributed by atoms with Crippen LogP contribution in [0.4, 0.5) is 11.4 Å². The van der Waals surface area contributed by atoms with Gasteiger partial charge in [-0.15, -0.1) is 0 Å². The van der Waals surface area contributed by atoms with Gasteiger partial charge in [0.2, 0.25) is 0 Å². The summed E-state index contributed by atoms with van der Waals surface area (Å²) >= 11 is 0. The maximum Gasteiger partial charge on any atom is 0.0316 e. The summed E-state index contributed by atoms with van der Waals surface area (Å²) in [7, 11) is 0. The molecule has 2 nitrogen and oxygen atoms in total. The lowest BCUT2D eigenvalue weighted by molar-refractivity contribution is 0.327. The first kappa shape index (κ1) is 34.8. The minimum atomic E-state index is 0.407. The monoisotopic (exact) mass is 628 g/mol. The Morgan fingerprint density at radius 1 is 0.532 bits per heavy atom. The molecule has 250 valence electrons. The van der Waals surface area contributed by atoms with Crippen LogP contribution >= 0.6 is 0 Å². The molecular formula is C45H60N2. The maximum absolute atomic E-state index is 6.16. The van der Waals surface area contributed by atoms with Gasteiger partial charge in [0.15, 0.2) is 0 Å². The third-order valence-electron chi connectivity index (χ3n) is 11.0. The topological polar surface area (TPSA) is 52.0 Å². The molecule has 2 unspecified atom stereocenters. The lowest BCUT2D eigenvalue weighted by Gasteiger charge is -2.32. The average Bonchev–Trinajstić information content (AvgIpc) is 3.08. The highest BCUT2D eigenvalue weighted by Gasteiger charge is 2.28. The van der Waals surface area contributed by atoms with E-state index in [1.807, 2.05) is 0 Å². The number of benzene rings is 4. The molecule has 2 heteroatoms. The van der Waals surface area contributed by atoms with Gasteiger partial charge in [0, 0.05) is 29.1 Å².